The van der Waals surface area contributed by atoms with Gasteiger partial charge in [0, 0.05) is 39.0 Å². The van der Waals surface area contributed by atoms with Crippen LogP contribution in [0.2, 0.25) is 0 Å². The van der Waals surface area contributed by atoms with Crippen molar-refractivity contribution in [1.29, 1.82) is 0 Å². The van der Waals surface area contributed by atoms with Gasteiger partial charge in [0.15, 0.2) is 0 Å². The van der Waals surface area contributed by atoms with Gasteiger partial charge in [-0.2, -0.15) is 0 Å². The number of para-hydroxylation sites is 1. The molecule has 11 rings (SSSR count). The first kappa shape index (κ1) is 44.8. The minimum atomic E-state index is -0.229. The smallest absolute Gasteiger partial charge is 0.297 e. The second kappa shape index (κ2) is 15.7. The van der Waals surface area contributed by atoms with Crippen LogP contribution in [0.25, 0.3) is 44.4 Å². The Morgan fingerprint density at radius 1 is 0.478 bits per heavy atom. The minimum Gasteiger partial charge on any atom is -0.468 e. The molecule has 0 saturated carbocycles. The predicted molar refractivity (Wildman–Crippen MR) is 295 cm³/mol. The van der Waals surface area contributed by atoms with Crippen molar-refractivity contribution in [2.45, 2.75) is 119 Å². The van der Waals surface area contributed by atoms with Crippen molar-refractivity contribution in [2.24, 2.45) is 0 Å². The Morgan fingerprint density at radius 2 is 1.09 bits per heavy atom. The highest BCUT2D eigenvalue weighted by atomic mass is 16.3. The molecule has 0 bridgehead atoms. The maximum atomic E-state index is 7.47. The van der Waals surface area contributed by atoms with E-state index in [0.717, 1.165) is 50.3 Å². The first-order valence-corrected chi connectivity index (χ1v) is 25.0. The van der Waals surface area contributed by atoms with Gasteiger partial charge >= 0.3 is 0 Å². The molecule has 7 aromatic carbocycles. The zero-order valence-corrected chi connectivity index (χ0v) is 43.1. The van der Waals surface area contributed by atoms with Crippen LogP contribution in [0, 0.1) is 20.8 Å². The summed E-state index contributed by atoms with van der Waals surface area (Å²) >= 11 is 0. The summed E-state index contributed by atoms with van der Waals surface area (Å²) in [5.41, 5.74) is 24.5. The number of fused-ring (bicyclic) bond motifs is 7. The van der Waals surface area contributed by atoms with Gasteiger partial charge in [0.05, 0.1) is 22.7 Å². The van der Waals surface area contributed by atoms with Gasteiger partial charge in [0.25, 0.3) is 6.71 Å². The van der Waals surface area contributed by atoms with E-state index in [0.29, 0.717) is 0 Å². The topological polar surface area (TPSA) is 32.8 Å². The van der Waals surface area contributed by atoms with E-state index in [-0.39, 0.29) is 28.9 Å². The van der Waals surface area contributed by atoms with E-state index in [9.17, 15) is 0 Å². The summed E-state index contributed by atoms with van der Waals surface area (Å²) in [4.78, 5) is 5.21. The number of hydrogen-bond donors (Lipinski definition) is 0. The summed E-state index contributed by atoms with van der Waals surface area (Å²) in [7, 11) is 0. The van der Waals surface area contributed by atoms with Crippen LogP contribution in [0.4, 0.5) is 34.1 Å². The number of hydrogen-bond acceptors (Lipinski definition) is 4. The van der Waals surface area contributed by atoms with E-state index in [1.807, 2.05) is 6.07 Å². The molecule has 0 saturated heterocycles. The molecule has 4 heterocycles. The number of rotatable bonds is 5. The summed E-state index contributed by atoms with van der Waals surface area (Å²) < 4.78 is 14.1. The summed E-state index contributed by atoms with van der Waals surface area (Å²) in [6.45, 7) is 32.2. The van der Waals surface area contributed by atoms with Crippen molar-refractivity contribution in [2.75, 3.05) is 9.80 Å². The van der Waals surface area contributed by atoms with Gasteiger partial charge in [-0.3, -0.25) is 0 Å². The van der Waals surface area contributed by atoms with Crippen LogP contribution in [0.5, 0.6) is 0 Å². The molecule has 0 atom stereocenters. The molecule has 346 valence electrons. The third kappa shape index (κ3) is 7.26. The summed E-state index contributed by atoms with van der Waals surface area (Å²) in [5.74, 6) is 1.11. The van der Waals surface area contributed by atoms with E-state index in [4.69, 9.17) is 8.83 Å². The largest absolute Gasteiger partial charge is 0.468 e. The Morgan fingerprint density at radius 3 is 1.72 bits per heavy atom. The molecular weight excluding hydrogens is 840 g/mol. The number of benzene rings is 7. The maximum Gasteiger partial charge on any atom is 0.297 e. The summed E-state index contributed by atoms with van der Waals surface area (Å²) in [5, 5.41) is 2.23. The molecule has 0 amide bonds. The highest BCUT2D eigenvalue weighted by molar-refractivity contribution is 7.00. The molecule has 2 aliphatic heterocycles. The van der Waals surface area contributed by atoms with E-state index >= 15 is 0 Å². The van der Waals surface area contributed by atoms with Gasteiger partial charge < -0.3 is 18.6 Å². The molecule has 2 aliphatic rings. The van der Waals surface area contributed by atoms with Gasteiger partial charge in [-0.1, -0.05) is 155 Å². The van der Waals surface area contributed by atoms with Gasteiger partial charge in [-0.15, -0.1) is 0 Å². The van der Waals surface area contributed by atoms with Crippen molar-refractivity contribution in [3.63, 3.8) is 0 Å². The van der Waals surface area contributed by atoms with Crippen molar-refractivity contribution in [3.05, 3.63) is 172 Å². The molecule has 2 aromatic heterocycles. The van der Waals surface area contributed by atoms with Gasteiger partial charge in [0.1, 0.15) is 16.9 Å². The number of aryl methyl sites for hydroxylation is 3. The second-order valence-electron chi connectivity index (χ2n) is 23.4. The third-order valence-corrected chi connectivity index (χ3v) is 15.0. The lowest BCUT2D eigenvalue weighted by Gasteiger charge is -2.44. The van der Waals surface area contributed by atoms with Crippen LogP contribution < -0.4 is 26.4 Å². The highest BCUT2D eigenvalue weighted by Crippen LogP contribution is 2.52. The van der Waals surface area contributed by atoms with E-state index < -0.39 is 0 Å². The third-order valence-electron chi connectivity index (χ3n) is 15.0. The van der Waals surface area contributed by atoms with Crippen molar-refractivity contribution < 1.29 is 8.83 Å². The maximum absolute atomic E-state index is 7.47. The fourth-order valence-corrected chi connectivity index (χ4v) is 11.1. The molecule has 4 nitrogen and oxygen atoms in total. The van der Waals surface area contributed by atoms with E-state index in [1.165, 1.54) is 83.7 Å². The summed E-state index contributed by atoms with van der Waals surface area (Å²) in [6.07, 6.45) is 0. The molecular formula is C64H65BN2O2. The summed E-state index contributed by atoms with van der Waals surface area (Å²) in [6, 6.07) is 50.1. The SMILES string of the molecule is Cc1cc(C(C)(C)C)cc(C)c1N1c2cc(C(C)C)cc3c2B(c2cc(-c4cc5ccccc5o4)ccc2N3c2c(C)cc(C(C)(C)C)cc2-c2ccccc2)c2oc3ccc(C(C)(C)C)cc3c21. The van der Waals surface area contributed by atoms with Crippen LogP contribution in [-0.2, 0) is 16.2 Å². The minimum absolute atomic E-state index is 0.00844. The van der Waals surface area contributed by atoms with Gasteiger partial charge in [-0.05, 0) is 153 Å². The van der Waals surface area contributed by atoms with Crippen molar-refractivity contribution >= 4 is 79.4 Å². The first-order chi connectivity index (χ1) is 32.7. The predicted octanol–water partition coefficient (Wildman–Crippen LogP) is 16.5. The molecule has 5 heteroatoms. The van der Waals surface area contributed by atoms with Crippen LogP contribution in [0.15, 0.2) is 142 Å². The fraction of sp³-hybridized carbons (Fsp3) is 0.281. The number of furan rings is 2. The van der Waals surface area contributed by atoms with E-state index in [1.54, 1.807) is 0 Å². The zero-order valence-electron chi connectivity index (χ0n) is 43.1. The van der Waals surface area contributed by atoms with Crippen LogP contribution in [0.3, 0.4) is 0 Å². The Hall–Kier alpha value is -6.72. The number of anilines is 6. The van der Waals surface area contributed by atoms with Crippen molar-refractivity contribution in [3.8, 4) is 22.5 Å². The van der Waals surface area contributed by atoms with E-state index in [2.05, 4.69) is 234 Å². The molecule has 0 aliphatic carbocycles. The Balaban J connectivity index is 1.30. The van der Waals surface area contributed by atoms with Crippen LogP contribution >= 0.6 is 0 Å². The monoisotopic (exact) mass is 905 g/mol. The zero-order chi connectivity index (χ0) is 48.6. The van der Waals surface area contributed by atoms with Gasteiger partial charge in [0.2, 0.25) is 0 Å². The molecule has 0 radical (unpaired) electrons. The molecule has 0 spiro atoms. The van der Waals surface area contributed by atoms with Crippen LogP contribution in [-0.4, -0.2) is 6.71 Å². The highest BCUT2D eigenvalue weighted by Gasteiger charge is 2.48. The second-order valence-corrected chi connectivity index (χ2v) is 23.4. The lowest BCUT2D eigenvalue weighted by Crippen LogP contribution is -2.61. The molecule has 0 fully saturated rings. The standard InChI is InChI=1S/C64H65BN2O2/c1-37(2)44-32-52-57-53(33-44)67(58-38(3)28-46(29-39(58)4)63(9,10)11)60-49-35-45(62(6,7)8)25-27-55(49)69-61(60)65(57)50-31-43(56-34-42-22-18-19-23-54(42)68-56)24-26-51(50)66(52)59-40(5)30-47(64(12,13)14)36-48(59)41-20-16-15-17-21-41/h15-37H,1-14H3. The van der Waals surface area contributed by atoms with Crippen LogP contribution in [0.1, 0.15) is 121 Å². The first-order valence-electron chi connectivity index (χ1n) is 25.0. The molecule has 0 N–H and O–H groups in total. The lowest BCUT2D eigenvalue weighted by molar-refractivity contribution is 0.589. The lowest BCUT2D eigenvalue weighted by atomic mass is 9.35. The average Bonchev–Trinajstić information content (AvgIpc) is 3.90. The Bertz CT molecular complexity index is 3470. The Kier molecular flexibility index (Phi) is 10.2. The normalized spacial score (nSPS) is 13.7. The van der Waals surface area contributed by atoms with Gasteiger partial charge in [-0.25, -0.2) is 0 Å². The quantitative estimate of drug-likeness (QED) is 0.161. The molecule has 69 heavy (non-hydrogen) atoms. The van der Waals surface area contributed by atoms with Crippen molar-refractivity contribution in [1.82, 2.24) is 0 Å². The Labute approximate surface area is 410 Å². The molecule has 0 unspecified atom stereocenters. The number of nitrogens with zero attached hydrogens (tertiary/aromatic N) is 2. The molecule has 9 aromatic rings. The average molecular weight is 905 g/mol. The fourth-order valence-electron chi connectivity index (χ4n) is 11.1.